The first-order valence-corrected chi connectivity index (χ1v) is 9.95. The van der Waals surface area contributed by atoms with Crippen molar-refractivity contribution in [1.29, 1.82) is 0 Å². The molecule has 17 heavy (non-hydrogen) atoms. The highest BCUT2D eigenvalue weighted by Gasteiger charge is 2.50. The minimum absolute atomic E-state index is 0.483. The summed E-state index contributed by atoms with van der Waals surface area (Å²) in [6, 6.07) is 0. The quantitative estimate of drug-likeness (QED) is 0.682. The Morgan fingerprint density at radius 2 is 2.00 bits per heavy atom. The van der Waals surface area contributed by atoms with Gasteiger partial charge in [-0.25, -0.2) is 0 Å². The van der Waals surface area contributed by atoms with E-state index in [2.05, 4.69) is 38.8 Å². The van der Waals surface area contributed by atoms with Gasteiger partial charge >= 0.3 is 0 Å². The molecular formula is C13H29NO2Si. The Morgan fingerprint density at radius 3 is 2.47 bits per heavy atom. The van der Waals surface area contributed by atoms with Crippen LogP contribution in [0.2, 0.25) is 13.1 Å². The van der Waals surface area contributed by atoms with Gasteiger partial charge in [-0.3, -0.25) is 4.90 Å². The van der Waals surface area contributed by atoms with Gasteiger partial charge in [-0.1, -0.05) is 26.9 Å². The van der Waals surface area contributed by atoms with Gasteiger partial charge in [0.1, 0.15) is 8.07 Å². The molecule has 3 nitrogen and oxygen atoms in total. The summed E-state index contributed by atoms with van der Waals surface area (Å²) in [5, 5.41) is 0. The maximum atomic E-state index is 5.99. The molecule has 0 unspecified atom stereocenters. The van der Waals surface area contributed by atoms with E-state index in [-0.39, 0.29) is 0 Å². The highest BCUT2D eigenvalue weighted by molar-refractivity contribution is 6.81. The summed E-state index contributed by atoms with van der Waals surface area (Å²) >= 11 is 0. The molecule has 0 aliphatic carbocycles. The Balaban J connectivity index is 2.77. The van der Waals surface area contributed by atoms with Crippen LogP contribution in [0.4, 0.5) is 0 Å². The molecule has 1 rings (SSSR count). The van der Waals surface area contributed by atoms with Crippen LogP contribution in [0, 0.1) is 5.92 Å². The zero-order valence-electron chi connectivity index (χ0n) is 12.3. The first-order valence-electron chi connectivity index (χ1n) is 6.79. The van der Waals surface area contributed by atoms with Crippen LogP contribution in [0.25, 0.3) is 0 Å². The first-order chi connectivity index (χ1) is 7.95. The van der Waals surface area contributed by atoms with Gasteiger partial charge < -0.3 is 9.47 Å². The highest BCUT2D eigenvalue weighted by Crippen LogP contribution is 2.33. The molecule has 0 saturated carbocycles. The second kappa shape index (κ2) is 6.32. The molecule has 0 aromatic carbocycles. The van der Waals surface area contributed by atoms with E-state index in [9.17, 15) is 0 Å². The van der Waals surface area contributed by atoms with E-state index in [1.54, 1.807) is 7.11 Å². The largest absolute Gasteiger partial charge is 0.383 e. The summed E-state index contributed by atoms with van der Waals surface area (Å²) in [6.45, 7) is 15.5. The minimum atomic E-state index is -1.35. The third-order valence-electron chi connectivity index (χ3n) is 3.97. The summed E-state index contributed by atoms with van der Waals surface area (Å²) in [5.74, 6) is 0.707. The molecule has 1 fully saturated rings. The minimum Gasteiger partial charge on any atom is -0.383 e. The van der Waals surface area contributed by atoms with Crippen LogP contribution in [0.3, 0.4) is 0 Å². The smallest absolute Gasteiger partial charge is 0.102 e. The fourth-order valence-corrected chi connectivity index (χ4v) is 7.99. The molecule has 0 N–H and O–H groups in total. The molecule has 0 aromatic heterocycles. The van der Waals surface area contributed by atoms with E-state index in [4.69, 9.17) is 9.47 Å². The predicted molar refractivity (Wildman–Crippen MR) is 75.0 cm³/mol. The molecular weight excluding hydrogens is 230 g/mol. The van der Waals surface area contributed by atoms with E-state index >= 15 is 0 Å². The lowest BCUT2D eigenvalue weighted by Crippen LogP contribution is -2.53. The fraction of sp³-hybridized carbons (Fsp3) is 1.00. The summed E-state index contributed by atoms with van der Waals surface area (Å²) in [7, 11) is 0.433. The Kier molecular flexibility index (Phi) is 5.63. The van der Waals surface area contributed by atoms with Crippen molar-refractivity contribution in [3.05, 3.63) is 0 Å². The summed E-state index contributed by atoms with van der Waals surface area (Å²) in [6.07, 6.45) is 0. The van der Waals surface area contributed by atoms with Gasteiger partial charge in [0.2, 0.25) is 0 Å². The van der Waals surface area contributed by atoms with E-state index in [1.165, 1.54) is 0 Å². The lowest BCUT2D eigenvalue weighted by atomic mass is 10.2. The number of methoxy groups -OCH3 is 1. The van der Waals surface area contributed by atoms with E-state index in [0.717, 1.165) is 26.3 Å². The van der Waals surface area contributed by atoms with Gasteiger partial charge in [0.05, 0.1) is 12.3 Å². The van der Waals surface area contributed by atoms with Crippen molar-refractivity contribution in [1.82, 2.24) is 4.90 Å². The maximum absolute atomic E-state index is 5.99. The van der Waals surface area contributed by atoms with Crippen LogP contribution in [-0.4, -0.2) is 57.8 Å². The van der Waals surface area contributed by atoms with Gasteiger partial charge in [0, 0.05) is 32.5 Å². The molecule has 0 amide bonds. The number of rotatable bonds is 6. The van der Waals surface area contributed by atoms with Crippen molar-refractivity contribution >= 4 is 8.07 Å². The van der Waals surface area contributed by atoms with Crippen molar-refractivity contribution in [3.8, 4) is 0 Å². The second-order valence-electron chi connectivity index (χ2n) is 5.94. The van der Waals surface area contributed by atoms with Crippen molar-refractivity contribution < 1.29 is 9.47 Å². The molecule has 1 aliphatic rings. The van der Waals surface area contributed by atoms with Crippen molar-refractivity contribution in [3.63, 3.8) is 0 Å². The molecule has 102 valence electrons. The average Bonchev–Trinajstić information content (AvgIpc) is 2.48. The molecule has 2 atom stereocenters. The third kappa shape index (κ3) is 3.31. The molecule has 0 radical (unpaired) electrons. The monoisotopic (exact) mass is 259 g/mol. The zero-order valence-corrected chi connectivity index (χ0v) is 13.3. The van der Waals surface area contributed by atoms with Crippen LogP contribution in [-0.2, 0) is 9.47 Å². The predicted octanol–water partition coefficient (Wildman–Crippen LogP) is 2.16. The number of hydrogen-bond acceptors (Lipinski definition) is 3. The van der Waals surface area contributed by atoms with Gasteiger partial charge in [0.15, 0.2) is 0 Å². The maximum Gasteiger partial charge on any atom is 0.102 e. The van der Waals surface area contributed by atoms with Gasteiger partial charge in [-0.05, 0) is 12.8 Å². The van der Waals surface area contributed by atoms with Crippen LogP contribution in [0.15, 0.2) is 0 Å². The van der Waals surface area contributed by atoms with Crippen molar-refractivity contribution in [2.24, 2.45) is 5.92 Å². The van der Waals surface area contributed by atoms with E-state index < -0.39 is 8.07 Å². The average molecular weight is 259 g/mol. The standard InChI is InChI=1S/C13H29NO2Si/c1-7-16-12-10-14(8-9-15-4)13(11(2)3)17(12,5)6/h11-13H,7-10H2,1-6H3/t12-,13-/m1/s1. The first kappa shape index (κ1) is 15.2. The van der Waals surface area contributed by atoms with Crippen LogP contribution >= 0.6 is 0 Å². The molecule has 1 saturated heterocycles. The number of nitrogens with zero attached hydrogens (tertiary/aromatic N) is 1. The Labute approximate surface area is 107 Å². The highest BCUT2D eigenvalue weighted by atomic mass is 28.3. The molecule has 4 heteroatoms. The zero-order chi connectivity index (χ0) is 13.1. The van der Waals surface area contributed by atoms with E-state index in [0.29, 0.717) is 17.3 Å². The lowest BCUT2D eigenvalue weighted by Gasteiger charge is -2.35. The topological polar surface area (TPSA) is 21.7 Å². The summed E-state index contributed by atoms with van der Waals surface area (Å²) in [4.78, 5) is 2.60. The normalized spacial score (nSPS) is 29.1. The van der Waals surface area contributed by atoms with E-state index in [1.807, 2.05) is 0 Å². The Bertz CT molecular complexity index is 233. The molecule has 0 aromatic rings. The molecule has 0 spiro atoms. The summed E-state index contributed by atoms with van der Waals surface area (Å²) in [5.41, 5.74) is 1.20. The Hall–Kier alpha value is 0.0969. The molecule has 1 aliphatic heterocycles. The molecule has 0 bridgehead atoms. The SMILES string of the molecule is CCO[C@H]1CN(CCOC)[C@@H](C(C)C)[Si]1(C)C. The van der Waals surface area contributed by atoms with Crippen molar-refractivity contribution in [2.75, 3.05) is 33.4 Å². The van der Waals surface area contributed by atoms with Gasteiger partial charge in [-0.15, -0.1) is 0 Å². The van der Waals surface area contributed by atoms with Crippen molar-refractivity contribution in [2.45, 2.75) is 45.3 Å². The van der Waals surface area contributed by atoms with Gasteiger partial charge in [-0.2, -0.15) is 0 Å². The fourth-order valence-electron chi connectivity index (χ4n) is 3.41. The Morgan fingerprint density at radius 1 is 1.35 bits per heavy atom. The third-order valence-corrected chi connectivity index (χ3v) is 8.53. The second-order valence-corrected chi connectivity index (χ2v) is 10.8. The van der Waals surface area contributed by atoms with Crippen LogP contribution in [0.1, 0.15) is 20.8 Å². The van der Waals surface area contributed by atoms with Crippen LogP contribution in [0.5, 0.6) is 0 Å². The van der Waals surface area contributed by atoms with Crippen LogP contribution < -0.4 is 0 Å². The molecule has 1 heterocycles. The van der Waals surface area contributed by atoms with Gasteiger partial charge in [0.25, 0.3) is 0 Å². The number of hydrogen-bond donors (Lipinski definition) is 0. The number of ether oxygens (including phenoxy) is 2. The lowest BCUT2D eigenvalue weighted by molar-refractivity contribution is 0.0819. The summed E-state index contributed by atoms with van der Waals surface area (Å²) < 4.78 is 11.2.